The third kappa shape index (κ3) is 5.28. The molecule has 0 bridgehead atoms. The molecular formula is C52H34N4. The molecule has 10 rings (SSSR count). The van der Waals surface area contributed by atoms with E-state index in [-0.39, 0.29) is 0 Å². The van der Waals surface area contributed by atoms with Gasteiger partial charge in [0.25, 0.3) is 0 Å². The fraction of sp³-hybridized carbons (Fsp3) is 0.0385. The van der Waals surface area contributed by atoms with Crippen LogP contribution in [0.15, 0.2) is 170 Å². The SMILES string of the molecule is Cc1cccc(-c2ccc3c4ccccc4n(-c4cc(C#N)c(-c5cccc(C#N)c5)cc4-n4c5ccccc5c5ccc(-c6cccc(C)c6)cc54)c3c2)c1. The lowest BCUT2D eigenvalue weighted by Crippen LogP contribution is -2.05. The van der Waals surface area contributed by atoms with Crippen molar-refractivity contribution < 1.29 is 0 Å². The Balaban J connectivity index is 1.36. The molecule has 262 valence electrons. The van der Waals surface area contributed by atoms with Crippen LogP contribution in [0.25, 0.3) is 88.4 Å². The van der Waals surface area contributed by atoms with Crippen molar-refractivity contribution in [1.29, 1.82) is 10.5 Å². The fourth-order valence-electron chi connectivity index (χ4n) is 8.49. The van der Waals surface area contributed by atoms with Gasteiger partial charge in [-0.05, 0) is 90.2 Å². The number of rotatable bonds is 5. The second kappa shape index (κ2) is 13.0. The molecule has 2 aromatic heterocycles. The number of benzene rings is 8. The van der Waals surface area contributed by atoms with Crippen molar-refractivity contribution in [2.45, 2.75) is 13.8 Å². The normalized spacial score (nSPS) is 11.4. The van der Waals surface area contributed by atoms with E-state index in [1.165, 1.54) is 11.1 Å². The second-order valence-corrected chi connectivity index (χ2v) is 14.6. The molecule has 0 N–H and O–H groups in total. The first-order chi connectivity index (χ1) is 27.5. The van der Waals surface area contributed by atoms with E-state index in [0.29, 0.717) is 11.1 Å². The molecule has 56 heavy (non-hydrogen) atoms. The van der Waals surface area contributed by atoms with Crippen molar-refractivity contribution >= 4 is 43.6 Å². The van der Waals surface area contributed by atoms with E-state index in [2.05, 4.69) is 175 Å². The summed E-state index contributed by atoms with van der Waals surface area (Å²) in [4.78, 5) is 0. The highest BCUT2D eigenvalue weighted by Crippen LogP contribution is 2.42. The Kier molecular flexibility index (Phi) is 7.66. The van der Waals surface area contributed by atoms with Crippen LogP contribution in [0.2, 0.25) is 0 Å². The molecule has 4 nitrogen and oxygen atoms in total. The van der Waals surface area contributed by atoms with E-state index in [1.54, 1.807) is 6.07 Å². The summed E-state index contributed by atoms with van der Waals surface area (Å²) < 4.78 is 4.70. The summed E-state index contributed by atoms with van der Waals surface area (Å²) in [6.45, 7) is 4.25. The molecule has 0 unspecified atom stereocenters. The van der Waals surface area contributed by atoms with Gasteiger partial charge in [0.2, 0.25) is 0 Å². The summed E-state index contributed by atoms with van der Waals surface area (Å²) in [5.74, 6) is 0. The van der Waals surface area contributed by atoms with Gasteiger partial charge in [0, 0.05) is 27.1 Å². The average molecular weight is 715 g/mol. The van der Waals surface area contributed by atoms with Gasteiger partial charge in [0.05, 0.1) is 56.7 Å². The quantitative estimate of drug-likeness (QED) is 0.178. The second-order valence-electron chi connectivity index (χ2n) is 14.6. The van der Waals surface area contributed by atoms with Gasteiger partial charge in [-0.1, -0.05) is 132 Å². The molecule has 0 saturated carbocycles. The van der Waals surface area contributed by atoms with Crippen LogP contribution in [0.4, 0.5) is 0 Å². The Morgan fingerprint density at radius 2 is 0.857 bits per heavy atom. The van der Waals surface area contributed by atoms with Crippen LogP contribution in [0.5, 0.6) is 0 Å². The first-order valence-electron chi connectivity index (χ1n) is 18.8. The van der Waals surface area contributed by atoms with Gasteiger partial charge in [0.1, 0.15) is 0 Å². The maximum absolute atomic E-state index is 10.9. The molecule has 0 saturated heterocycles. The molecule has 2 heterocycles. The molecular weight excluding hydrogens is 681 g/mol. The van der Waals surface area contributed by atoms with Crippen LogP contribution in [0.3, 0.4) is 0 Å². The van der Waals surface area contributed by atoms with Crippen molar-refractivity contribution in [3.8, 4) is 56.9 Å². The predicted molar refractivity (Wildman–Crippen MR) is 230 cm³/mol. The highest BCUT2D eigenvalue weighted by atomic mass is 15.1. The van der Waals surface area contributed by atoms with Crippen molar-refractivity contribution in [2.24, 2.45) is 0 Å². The summed E-state index contributed by atoms with van der Waals surface area (Å²) in [5.41, 5.74) is 15.7. The van der Waals surface area contributed by atoms with Crippen molar-refractivity contribution in [3.63, 3.8) is 0 Å². The molecule has 10 aromatic rings. The van der Waals surface area contributed by atoms with Gasteiger partial charge in [-0.15, -0.1) is 0 Å². The Bertz CT molecular complexity index is 3310. The van der Waals surface area contributed by atoms with E-state index in [1.807, 2.05) is 24.3 Å². The summed E-state index contributed by atoms with van der Waals surface area (Å²) in [6, 6.07) is 64.4. The molecule has 0 aliphatic carbocycles. The van der Waals surface area contributed by atoms with Crippen molar-refractivity contribution in [3.05, 3.63) is 192 Å². The Labute approximate surface area is 325 Å². The highest BCUT2D eigenvalue weighted by molar-refractivity contribution is 6.13. The third-order valence-electron chi connectivity index (χ3n) is 11.1. The third-order valence-corrected chi connectivity index (χ3v) is 11.1. The molecule has 0 amide bonds. The average Bonchev–Trinajstić information content (AvgIpc) is 3.75. The first-order valence-corrected chi connectivity index (χ1v) is 18.8. The number of nitrogens with zero attached hydrogens (tertiary/aromatic N) is 4. The Morgan fingerprint density at radius 1 is 0.375 bits per heavy atom. The van der Waals surface area contributed by atoms with E-state index in [9.17, 15) is 10.5 Å². The summed E-state index contributed by atoms with van der Waals surface area (Å²) in [6.07, 6.45) is 0. The van der Waals surface area contributed by atoms with Gasteiger partial charge in [-0.3, -0.25) is 0 Å². The van der Waals surface area contributed by atoms with Crippen LogP contribution in [0.1, 0.15) is 22.3 Å². The number of nitriles is 2. The zero-order valence-electron chi connectivity index (χ0n) is 31.0. The highest BCUT2D eigenvalue weighted by Gasteiger charge is 2.23. The molecule has 0 aliphatic heterocycles. The van der Waals surface area contributed by atoms with Gasteiger partial charge in [-0.25, -0.2) is 0 Å². The number of fused-ring (bicyclic) bond motifs is 6. The molecule has 0 aliphatic rings. The molecule has 8 aromatic carbocycles. The minimum atomic E-state index is 0.529. The number of hydrogen-bond donors (Lipinski definition) is 0. The number of hydrogen-bond acceptors (Lipinski definition) is 2. The maximum Gasteiger partial charge on any atom is 0.0998 e. The zero-order valence-corrected chi connectivity index (χ0v) is 31.0. The van der Waals surface area contributed by atoms with Gasteiger partial charge < -0.3 is 9.13 Å². The minimum absolute atomic E-state index is 0.529. The lowest BCUT2D eigenvalue weighted by molar-refractivity contribution is 1.09. The Morgan fingerprint density at radius 3 is 1.39 bits per heavy atom. The number of aromatic nitrogens is 2. The maximum atomic E-state index is 10.9. The standard InChI is InChI=1S/C52H34N4/c1-33-10-7-13-36(24-33)38-20-22-44-42-16-3-5-18-47(42)55(49(44)27-38)51-29-41(32-54)46(40-15-9-12-35(26-40)31-53)30-52(51)56-48-19-6-4-17-43(48)45-23-21-39(28-50(45)56)37-14-8-11-34(2)25-37/h3-30H,1-2H3. The lowest BCUT2D eigenvalue weighted by atomic mass is 9.96. The summed E-state index contributed by atoms with van der Waals surface area (Å²) >= 11 is 0. The number of para-hydroxylation sites is 2. The van der Waals surface area contributed by atoms with Crippen molar-refractivity contribution in [2.75, 3.05) is 0 Å². The van der Waals surface area contributed by atoms with E-state index in [0.717, 1.165) is 88.4 Å². The molecule has 0 fully saturated rings. The largest absolute Gasteiger partial charge is 0.307 e. The van der Waals surface area contributed by atoms with Gasteiger partial charge >= 0.3 is 0 Å². The van der Waals surface area contributed by atoms with Gasteiger partial charge in [-0.2, -0.15) is 10.5 Å². The molecule has 0 atom stereocenters. The van der Waals surface area contributed by atoms with Crippen LogP contribution in [-0.4, -0.2) is 9.13 Å². The van der Waals surface area contributed by atoms with Gasteiger partial charge in [0.15, 0.2) is 0 Å². The van der Waals surface area contributed by atoms with Crippen molar-refractivity contribution in [1.82, 2.24) is 9.13 Å². The molecule has 4 heteroatoms. The van der Waals surface area contributed by atoms with Crippen LogP contribution in [0, 0.1) is 36.5 Å². The topological polar surface area (TPSA) is 57.4 Å². The van der Waals surface area contributed by atoms with E-state index < -0.39 is 0 Å². The zero-order chi connectivity index (χ0) is 37.9. The summed E-state index contributed by atoms with van der Waals surface area (Å²) in [7, 11) is 0. The minimum Gasteiger partial charge on any atom is -0.307 e. The van der Waals surface area contributed by atoms with Crippen LogP contribution >= 0.6 is 0 Å². The summed E-state index contributed by atoms with van der Waals surface area (Å²) in [5, 5.41) is 25.3. The lowest BCUT2D eigenvalue weighted by Gasteiger charge is -2.20. The first kappa shape index (κ1) is 32.9. The van der Waals surface area contributed by atoms with Crippen LogP contribution < -0.4 is 0 Å². The molecule has 0 spiro atoms. The predicted octanol–water partition coefficient (Wildman–Crippen LogP) is 13.2. The van der Waals surface area contributed by atoms with E-state index in [4.69, 9.17) is 0 Å². The molecule has 0 radical (unpaired) electrons. The smallest absolute Gasteiger partial charge is 0.0998 e. The monoisotopic (exact) mass is 714 g/mol. The fourth-order valence-corrected chi connectivity index (χ4v) is 8.49. The van der Waals surface area contributed by atoms with Crippen LogP contribution in [-0.2, 0) is 0 Å². The Hall–Kier alpha value is -7.66. The van der Waals surface area contributed by atoms with E-state index >= 15 is 0 Å². The number of aryl methyl sites for hydroxylation is 2.